The van der Waals surface area contributed by atoms with Gasteiger partial charge in [-0.15, -0.1) is 5.10 Å². The number of pyridine rings is 1. The smallest absolute Gasteiger partial charge is 0.290 e. The Morgan fingerprint density at radius 2 is 2.33 bits per heavy atom. The van der Waals surface area contributed by atoms with Gasteiger partial charge in [-0.1, -0.05) is 5.10 Å². The van der Waals surface area contributed by atoms with Crippen LogP contribution in [0.3, 0.4) is 0 Å². The molecule has 0 aliphatic carbocycles. The van der Waals surface area contributed by atoms with Crippen LogP contribution in [0.15, 0.2) is 23.1 Å². The van der Waals surface area contributed by atoms with Crippen LogP contribution < -0.4 is 5.69 Å². The summed E-state index contributed by atoms with van der Waals surface area (Å²) < 4.78 is 1.30. The van der Waals surface area contributed by atoms with Crippen LogP contribution in [0, 0.1) is 0 Å². The molecule has 3 rings (SSSR count). The van der Waals surface area contributed by atoms with Crippen molar-refractivity contribution in [1.82, 2.24) is 35.2 Å². The number of nitrogens with one attached hydrogen (secondary N) is 2. The zero-order chi connectivity index (χ0) is 10.3. The topological polar surface area (TPSA) is 105 Å². The second-order valence-corrected chi connectivity index (χ2v) is 2.85. The van der Waals surface area contributed by atoms with Crippen LogP contribution in [0.1, 0.15) is 0 Å². The number of H-pyrrole nitrogens is 2. The maximum Gasteiger partial charge on any atom is 0.334 e. The van der Waals surface area contributed by atoms with Gasteiger partial charge in [-0.2, -0.15) is 5.21 Å². The van der Waals surface area contributed by atoms with Gasteiger partial charge in [0.25, 0.3) is 5.95 Å². The third kappa shape index (κ3) is 1.04. The van der Waals surface area contributed by atoms with Crippen molar-refractivity contribution in [3.05, 3.63) is 28.8 Å². The van der Waals surface area contributed by atoms with E-state index in [-0.39, 0.29) is 11.6 Å². The number of aromatic nitrogens is 7. The summed E-state index contributed by atoms with van der Waals surface area (Å²) in [5.74, 6) is 0.194. The molecule has 0 saturated heterocycles. The quantitative estimate of drug-likeness (QED) is 0.540. The molecule has 0 saturated carbocycles. The van der Waals surface area contributed by atoms with E-state index in [0.717, 1.165) is 0 Å². The van der Waals surface area contributed by atoms with Gasteiger partial charge in [0.1, 0.15) is 0 Å². The highest BCUT2D eigenvalue weighted by molar-refractivity contribution is 5.71. The van der Waals surface area contributed by atoms with Crippen molar-refractivity contribution in [3.63, 3.8) is 0 Å². The molecular weight excluding hydrogens is 198 g/mol. The average Bonchev–Trinajstić information content (AvgIpc) is 2.82. The molecule has 8 heteroatoms. The number of hydrogen-bond acceptors (Lipinski definition) is 5. The van der Waals surface area contributed by atoms with Crippen LogP contribution in [-0.2, 0) is 0 Å². The lowest BCUT2D eigenvalue weighted by Crippen LogP contribution is -2.15. The van der Waals surface area contributed by atoms with Gasteiger partial charge in [-0.05, 0) is 17.3 Å². The third-order valence-electron chi connectivity index (χ3n) is 1.99. The van der Waals surface area contributed by atoms with E-state index in [0.29, 0.717) is 11.2 Å². The van der Waals surface area contributed by atoms with E-state index in [1.54, 1.807) is 18.3 Å². The zero-order valence-corrected chi connectivity index (χ0v) is 7.38. The highest BCUT2D eigenvalue weighted by atomic mass is 16.1. The number of hydrogen-bond donors (Lipinski definition) is 2. The van der Waals surface area contributed by atoms with Crippen LogP contribution in [0.2, 0.25) is 0 Å². The predicted octanol–water partition coefficient (Wildman–Crippen LogP) is -0.773. The zero-order valence-electron chi connectivity index (χ0n) is 7.38. The van der Waals surface area contributed by atoms with Gasteiger partial charge in [-0.3, -0.25) is 4.98 Å². The average molecular weight is 203 g/mol. The molecule has 3 aromatic heterocycles. The lowest BCUT2D eigenvalue weighted by Gasteiger charge is -1.93. The molecule has 0 unspecified atom stereocenters. The van der Waals surface area contributed by atoms with Crippen molar-refractivity contribution < 1.29 is 0 Å². The van der Waals surface area contributed by atoms with Gasteiger partial charge in [0, 0.05) is 6.20 Å². The van der Waals surface area contributed by atoms with Crippen LogP contribution in [-0.4, -0.2) is 35.2 Å². The number of aromatic amines is 2. The van der Waals surface area contributed by atoms with Gasteiger partial charge in [0.15, 0.2) is 5.65 Å². The summed E-state index contributed by atoms with van der Waals surface area (Å²) in [5, 5.41) is 13.2. The fraction of sp³-hybridized carbons (Fsp3) is 0. The van der Waals surface area contributed by atoms with E-state index < -0.39 is 0 Å². The molecular formula is C7H5N7O. The van der Waals surface area contributed by atoms with E-state index in [1.807, 2.05) is 0 Å². The molecule has 0 aliphatic rings. The first-order valence-corrected chi connectivity index (χ1v) is 4.16. The van der Waals surface area contributed by atoms with Gasteiger partial charge in [0.05, 0.1) is 5.52 Å². The molecule has 74 valence electrons. The van der Waals surface area contributed by atoms with E-state index >= 15 is 0 Å². The Labute approximate surface area is 82.0 Å². The Kier molecular flexibility index (Phi) is 1.43. The SMILES string of the molecule is O=c1[nH]c2ncccc2n1-c1nn[nH]n1. The number of tetrazole rings is 1. The standard InChI is InChI=1S/C7H5N7O/c15-7-9-5-4(2-1-3-8-5)14(7)6-10-12-13-11-6/h1-3H,(H,8,9,15)(H,10,11,12,13). The van der Waals surface area contributed by atoms with Crippen LogP contribution in [0.25, 0.3) is 17.1 Å². The van der Waals surface area contributed by atoms with E-state index in [4.69, 9.17) is 0 Å². The molecule has 2 N–H and O–H groups in total. The van der Waals surface area contributed by atoms with Gasteiger partial charge in [0.2, 0.25) is 0 Å². The molecule has 3 aromatic rings. The minimum absolute atomic E-state index is 0.194. The molecule has 0 aliphatic heterocycles. The molecule has 0 spiro atoms. The molecule has 3 heterocycles. The van der Waals surface area contributed by atoms with E-state index in [2.05, 4.69) is 30.6 Å². The second kappa shape index (κ2) is 2.74. The Morgan fingerprint density at radius 1 is 1.40 bits per heavy atom. The Balaban J connectivity index is 2.44. The number of fused-ring (bicyclic) bond motifs is 1. The van der Waals surface area contributed by atoms with Crippen molar-refractivity contribution in [3.8, 4) is 5.95 Å². The Hall–Kier alpha value is -2.51. The van der Waals surface area contributed by atoms with Crippen LogP contribution in [0.4, 0.5) is 0 Å². The van der Waals surface area contributed by atoms with Crippen molar-refractivity contribution >= 4 is 11.2 Å². The monoisotopic (exact) mass is 203 g/mol. The molecule has 0 aromatic carbocycles. The fourth-order valence-corrected chi connectivity index (χ4v) is 1.39. The highest BCUT2D eigenvalue weighted by Gasteiger charge is 2.11. The second-order valence-electron chi connectivity index (χ2n) is 2.85. The Bertz CT molecular complexity index is 649. The van der Waals surface area contributed by atoms with E-state index in [9.17, 15) is 4.79 Å². The number of imidazole rings is 1. The van der Waals surface area contributed by atoms with Gasteiger partial charge < -0.3 is 0 Å². The first-order valence-electron chi connectivity index (χ1n) is 4.16. The summed E-state index contributed by atoms with van der Waals surface area (Å²) in [7, 11) is 0. The van der Waals surface area contributed by atoms with Crippen molar-refractivity contribution in [2.75, 3.05) is 0 Å². The number of rotatable bonds is 1. The van der Waals surface area contributed by atoms with Crippen molar-refractivity contribution in [2.24, 2.45) is 0 Å². The number of nitrogens with zero attached hydrogens (tertiary/aromatic N) is 5. The highest BCUT2D eigenvalue weighted by Crippen LogP contribution is 2.08. The fourth-order valence-electron chi connectivity index (χ4n) is 1.39. The van der Waals surface area contributed by atoms with E-state index in [1.165, 1.54) is 4.57 Å². The largest absolute Gasteiger partial charge is 0.334 e. The molecule has 0 bridgehead atoms. The van der Waals surface area contributed by atoms with Crippen LogP contribution >= 0.6 is 0 Å². The maximum atomic E-state index is 11.6. The summed E-state index contributed by atoms with van der Waals surface area (Å²) in [6.07, 6.45) is 1.60. The first-order chi connectivity index (χ1) is 7.36. The normalized spacial score (nSPS) is 10.9. The summed E-state index contributed by atoms with van der Waals surface area (Å²) >= 11 is 0. The first kappa shape index (κ1) is 7.85. The molecule has 0 fully saturated rings. The summed E-state index contributed by atoms with van der Waals surface area (Å²) in [6, 6.07) is 3.47. The lowest BCUT2D eigenvalue weighted by molar-refractivity contribution is 0.881. The molecule has 0 amide bonds. The minimum Gasteiger partial charge on any atom is -0.290 e. The lowest BCUT2D eigenvalue weighted by atomic mass is 10.4. The molecule has 0 atom stereocenters. The van der Waals surface area contributed by atoms with Crippen molar-refractivity contribution in [2.45, 2.75) is 0 Å². The van der Waals surface area contributed by atoms with Crippen molar-refractivity contribution in [1.29, 1.82) is 0 Å². The minimum atomic E-state index is -0.342. The molecule has 8 nitrogen and oxygen atoms in total. The van der Waals surface area contributed by atoms with Crippen LogP contribution in [0.5, 0.6) is 0 Å². The summed E-state index contributed by atoms with van der Waals surface area (Å²) in [5.41, 5.74) is 0.765. The Morgan fingerprint density at radius 3 is 3.13 bits per heavy atom. The molecule has 15 heavy (non-hydrogen) atoms. The third-order valence-corrected chi connectivity index (χ3v) is 1.99. The summed E-state index contributed by atoms with van der Waals surface area (Å²) in [6.45, 7) is 0. The van der Waals surface area contributed by atoms with Gasteiger partial charge in [-0.25, -0.2) is 14.3 Å². The maximum absolute atomic E-state index is 11.6. The van der Waals surface area contributed by atoms with Gasteiger partial charge >= 0.3 is 5.69 Å². The summed E-state index contributed by atoms with van der Waals surface area (Å²) in [4.78, 5) is 18.2. The molecule has 0 radical (unpaired) electrons. The predicted molar refractivity (Wildman–Crippen MR) is 49.4 cm³/mol.